The van der Waals surface area contributed by atoms with Gasteiger partial charge in [-0.25, -0.2) is 0 Å². The van der Waals surface area contributed by atoms with Gasteiger partial charge >= 0.3 is 0 Å². The van der Waals surface area contributed by atoms with Crippen molar-refractivity contribution >= 4 is 29.3 Å². The Morgan fingerprint density at radius 3 is 3.04 bits per heavy atom. The molecule has 124 valence electrons. The van der Waals surface area contributed by atoms with Crippen molar-refractivity contribution in [2.24, 2.45) is 0 Å². The number of hydrogen-bond donors (Lipinski definition) is 1. The first-order chi connectivity index (χ1) is 11.1. The van der Waals surface area contributed by atoms with Gasteiger partial charge in [0.2, 0.25) is 17.6 Å². The van der Waals surface area contributed by atoms with Crippen molar-refractivity contribution in [1.29, 1.82) is 0 Å². The first kappa shape index (κ1) is 17.8. The molecule has 2 rings (SSSR count). The molecule has 1 aromatic carbocycles. The van der Waals surface area contributed by atoms with Crippen molar-refractivity contribution in [1.82, 2.24) is 15.5 Å². The normalized spacial score (nSPS) is 12.1. The van der Waals surface area contributed by atoms with Crippen molar-refractivity contribution in [3.63, 3.8) is 0 Å². The first-order valence-corrected chi connectivity index (χ1v) is 9.07. The fourth-order valence-corrected chi connectivity index (χ4v) is 2.96. The molecule has 0 saturated carbocycles. The van der Waals surface area contributed by atoms with Crippen LogP contribution in [0.5, 0.6) is 0 Å². The van der Waals surface area contributed by atoms with E-state index in [1.54, 1.807) is 12.1 Å². The minimum absolute atomic E-state index is 0.0329. The molecule has 23 heavy (non-hydrogen) atoms. The van der Waals surface area contributed by atoms with Crippen molar-refractivity contribution < 1.29 is 9.32 Å². The molecule has 0 aliphatic rings. The van der Waals surface area contributed by atoms with Crippen LogP contribution >= 0.6 is 23.4 Å². The second-order valence-electron chi connectivity index (χ2n) is 5.27. The molecular formula is C16H20ClN3O2S. The molecule has 7 heteroatoms. The maximum Gasteiger partial charge on any atom is 0.236 e. The smallest absolute Gasteiger partial charge is 0.236 e. The number of aromatic nitrogens is 2. The lowest BCUT2D eigenvalue weighted by atomic mass is 10.2. The van der Waals surface area contributed by atoms with Gasteiger partial charge in [0.15, 0.2) is 0 Å². The van der Waals surface area contributed by atoms with E-state index in [4.69, 9.17) is 16.1 Å². The predicted octanol–water partition coefficient (Wildman–Crippen LogP) is 3.93. The summed E-state index contributed by atoms with van der Waals surface area (Å²) >= 11 is 7.40. The zero-order chi connectivity index (χ0) is 16.7. The standard InChI is InChI=1S/C16H20ClN3O2S/c1-3-5-11(2)18-14(21)9-23-10-15-19-16(20-22-15)12-6-4-7-13(17)8-12/h4,6-8,11H,3,5,9-10H2,1-2H3,(H,18,21)/t11-/m1/s1. The van der Waals surface area contributed by atoms with E-state index in [2.05, 4.69) is 22.4 Å². The van der Waals surface area contributed by atoms with Crippen LogP contribution in [0.15, 0.2) is 28.8 Å². The average Bonchev–Trinajstić information content (AvgIpc) is 2.96. The van der Waals surface area contributed by atoms with E-state index in [0.29, 0.717) is 28.2 Å². The molecule has 0 aliphatic heterocycles. The number of rotatable bonds is 8. The molecule has 1 atom stereocenters. The molecule has 1 heterocycles. The molecule has 0 saturated heterocycles. The summed E-state index contributed by atoms with van der Waals surface area (Å²) in [6.07, 6.45) is 2.05. The van der Waals surface area contributed by atoms with Gasteiger partial charge in [-0.15, -0.1) is 11.8 Å². The Morgan fingerprint density at radius 2 is 2.30 bits per heavy atom. The largest absolute Gasteiger partial charge is 0.353 e. The third kappa shape index (κ3) is 5.88. The Morgan fingerprint density at radius 1 is 1.48 bits per heavy atom. The average molecular weight is 354 g/mol. The minimum atomic E-state index is 0.0329. The van der Waals surface area contributed by atoms with E-state index >= 15 is 0 Å². The number of hydrogen-bond acceptors (Lipinski definition) is 5. The summed E-state index contributed by atoms with van der Waals surface area (Å²) in [6, 6.07) is 7.50. The minimum Gasteiger partial charge on any atom is -0.353 e. The van der Waals surface area contributed by atoms with Crippen molar-refractivity contribution in [3.05, 3.63) is 35.2 Å². The van der Waals surface area contributed by atoms with Crippen LogP contribution in [-0.2, 0) is 10.5 Å². The zero-order valence-corrected chi connectivity index (χ0v) is 14.8. The Kier molecular flexibility index (Phi) is 6.92. The van der Waals surface area contributed by atoms with Crippen LogP contribution in [0.1, 0.15) is 32.6 Å². The van der Waals surface area contributed by atoms with Gasteiger partial charge in [-0.2, -0.15) is 4.98 Å². The van der Waals surface area contributed by atoms with Gasteiger partial charge in [-0.3, -0.25) is 4.79 Å². The van der Waals surface area contributed by atoms with Crippen molar-refractivity contribution in [3.8, 4) is 11.4 Å². The number of thioether (sulfide) groups is 1. The number of carbonyl (C=O) groups excluding carboxylic acids is 1. The number of nitrogens with one attached hydrogen (secondary N) is 1. The third-order valence-corrected chi connectivity index (χ3v) is 4.29. The van der Waals surface area contributed by atoms with Crippen LogP contribution in [0.4, 0.5) is 0 Å². The highest BCUT2D eigenvalue weighted by atomic mass is 35.5. The summed E-state index contributed by atoms with van der Waals surface area (Å²) < 4.78 is 5.20. The molecule has 0 fully saturated rings. The van der Waals surface area contributed by atoms with E-state index in [9.17, 15) is 4.79 Å². The van der Waals surface area contributed by atoms with E-state index in [-0.39, 0.29) is 11.9 Å². The molecule has 0 radical (unpaired) electrons. The Hall–Kier alpha value is -1.53. The Bertz CT molecular complexity index is 648. The van der Waals surface area contributed by atoms with Crippen molar-refractivity contribution in [2.75, 3.05) is 5.75 Å². The second-order valence-corrected chi connectivity index (χ2v) is 6.69. The predicted molar refractivity (Wildman–Crippen MR) is 93.4 cm³/mol. The topological polar surface area (TPSA) is 68.0 Å². The van der Waals surface area contributed by atoms with Crippen LogP contribution in [0, 0.1) is 0 Å². The summed E-state index contributed by atoms with van der Waals surface area (Å²) in [7, 11) is 0. The molecule has 0 aliphatic carbocycles. The van der Waals surface area contributed by atoms with Gasteiger partial charge in [0, 0.05) is 16.6 Å². The lowest BCUT2D eigenvalue weighted by Gasteiger charge is -2.11. The summed E-state index contributed by atoms with van der Waals surface area (Å²) in [5, 5.41) is 7.53. The highest BCUT2D eigenvalue weighted by molar-refractivity contribution is 7.99. The van der Waals surface area contributed by atoms with E-state index in [1.807, 2.05) is 19.1 Å². The molecule has 0 spiro atoms. The van der Waals surface area contributed by atoms with E-state index in [0.717, 1.165) is 18.4 Å². The second kappa shape index (κ2) is 8.93. The maximum absolute atomic E-state index is 11.8. The van der Waals surface area contributed by atoms with Crippen LogP contribution in [0.2, 0.25) is 5.02 Å². The first-order valence-electron chi connectivity index (χ1n) is 7.54. The van der Waals surface area contributed by atoms with Crippen LogP contribution in [0.3, 0.4) is 0 Å². The molecule has 1 aromatic heterocycles. The molecule has 1 amide bonds. The number of benzene rings is 1. The summed E-state index contributed by atoms with van der Waals surface area (Å²) in [5.41, 5.74) is 0.809. The fraction of sp³-hybridized carbons (Fsp3) is 0.438. The van der Waals surface area contributed by atoms with Gasteiger partial charge < -0.3 is 9.84 Å². The number of halogens is 1. The Labute approximate surface area is 145 Å². The van der Waals surface area contributed by atoms with Gasteiger partial charge in [-0.05, 0) is 25.5 Å². The Balaban J connectivity index is 1.80. The summed E-state index contributed by atoms with van der Waals surface area (Å²) in [4.78, 5) is 16.1. The molecular weight excluding hydrogens is 334 g/mol. The lowest BCUT2D eigenvalue weighted by molar-refractivity contribution is -0.119. The summed E-state index contributed by atoms with van der Waals surface area (Å²) in [6.45, 7) is 4.12. The zero-order valence-electron chi connectivity index (χ0n) is 13.2. The van der Waals surface area contributed by atoms with Crippen LogP contribution in [-0.4, -0.2) is 27.8 Å². The SMILES string of the molecule is CCC[C@@H](C)NC(=O)CSCc1nc(-c2cccc(Cl)c2)no1. The van der Waals surface area contributed by atoms with Crippen LogP contribution < -0.4 is 5.32 Å². The highest BCUT2D eigenvalue weighted by Crippen LogP contribution is 2.21. The molecule has 0 bridgehead atoms. The fourth-order valence-electron chi connectivity index (χ4n) is 2.11. The third-order valence-electron chi connectivity index (χ3n) is 3.14. The monoisotopic (exact) mass is 353 g/mol. The van der Waals surface area contributed by atoms with Gasteiger partial charge in [-0.1, -0.05) is 42.2 Å². The summed E-state index contributed by atoms with van der Waals surface area (Å²) in [5.74, 6) is 1.92. The van der Waals surface area contributed by atoms with Gasteiger partial charge in [0.05, 0.1) is 11.5 Å². The van der Waals surface area contributed by atoms with Gasteiger partial charge in [0.25, 0.3) is 0 Å². The quantitative estimate of drug-likeness (QED) is 0.778. The molecule has 5 nitrogen and oxygen atoms in total. The number of nitrogens with zero attached hydrogens (tertiary/aromatic N) is 2. The van der Waals surface area contributed by atoms with Gasteiger partial charge in [0.1, 0.15) is 0 Å². The van der Waals surface area contributed by atoms with Crippen molar-refractivity contribution in [2.45, 2.75) is 38.5 Å². The van der Waals surface area contributed by atoms with E-state index < -0.39 is 0 Å². The van der Waals surface area contributed by atoms with E-state index in [1.165, 1.54) is 11.8 Å². The number of amides is 1. The van der Waals surface area contributed by atoms with Crippen LogP contribution in [0.25, 0.3) is 11.4 Å². The maximum atomic E-state index is 11.8. The number of carbonyl (C=O) groups is 1. The highest BCUT2D eigenvalue weighted by Gasteiger charge is 2.11. The lowest BCUT2D eigenvalue weighted by Crippen LogP contribution is -2.33. The molecule has 1 N–H and O–H groups in total. The molecule has 2 aromatic rings. The molecule has 0 unspecified atom stereocenters.